The minimum atomic E-state index is 0.304. The summed E-state index contributed by atoms with van der Waals surface area (Å²) < 4.78 is 11.1. The van der Waals surface area contributed by atoms with E-state index in [-0.39, 0.29) is 0 Å². The van der Waals surface area contributed by atoms with Crippen LogP contribution in [-0.4, -0.2) is 57.7 Å². The van der Waals surface area contributed by atoms with Crippen LogP contribution >= 0.6 is 0 Å². The molecule has 1 saturated heterocycles. The Morgan fingerprint density at radius 2 is 1.77 bits per heavy atom. The number of nitrogens with zero attached hydrogens (tertiary/aromatic N) is 5. The fourth-order valence-corrected chi connectivity index (χ4v) is 4.49. The van der Waals surface area contributed by atoms with Crippen LogP contribution in [0.5, 0.6) is 11.5 Å². The number of nitrogens with one attached hydrogen (secondary N) is 1. The molecule has 1 fully saturated rings. The summed E-state index contributed by atoms with van der Waals surface area (Å²) in [6.45, 7) is 5.47. The Hall–Kier alpha value is -3.78. The molecule has 35 heavy (non-hydrogen) atoms. The lowest BCUT2D eigenvalue weighted by atomic mass is 10.0. The van der Waals surface area contributed by atoms with Gasteiger partial charge in [0.25, 0.3) is 0 Å². The van der Waals surface area contributed by atoms with Crippen molar-refractivity contribution in [2.45, 2.75) is 32.4 Å². The van der Waals surface area contributed by atoms with Crippen molar-refractivity contribution < 1.29 is 9.47 Å². The van der Waals surface area contributed by atoms with Gasteiger partial charge in [-0.05, 0) is 37.5 Å². The molecule has 5 rings (SSSR count). The molecule has 0 unspecified atom stereocenters. The zero-order valence-corrected chi connectivity index (χ0v) is 20.1. The first-order valence-electron chi connectivity index (χ1n) is 12.1. The van der Waals surface area contributed by atoms with E-state index in [4.69, 9.17) is 14.5 Å². The van der Waals surface area contributed by atoms with Crippen LogP contribution in [-0.2, 0) is 6.54 Å². The number of benzene rings is 2. The van der Waals surface area contributed by atoms with E-state index in [1.54, 1.807) is 19.5 Å². The number of likely N-dealkylation sites (tertiary alicyclic amines) is 1. The summed E-state index contributed by atoms with van der Waals surface area (Å²) in [4.78, 5) is 20.9. The Morgan fingerprint density at radius 1 is 0.971 bits per heavy atom. The summed E-state index contributed by atoms with van der Waals surface area (Å²) in [6.07, 6.45) is 5.37. The first-order chi connectivity index (χ1) is 17.2. The number of anilines is 1. The van der Waals surface area contributed by atoms with Gasteiger partial charge in [-0.1, -0.05) is 36.4 Å². The Balaban J connectivity index is 1.26. The molecule has 2 aromatic heterocycles. The number of methoxy groups -OCH3 is 1. The van der Waals surface area contributed by atoms with Gasteiger partial charge in [-0.15, -0.1) is 0 Å². The Morgan fingerprint density at radius 3 is 2.54 bits per heavy atom. The standard InChI is InChI=1S/C27H30N6O2/c1-3-35-23-17-19(9-10-22(23)34-2)18-33-15-11-21(12-16-33)30-27-31-24(20-7-5-4-6-8-20)25-26(32-27)29-14-13-28-25/h4-10,13-14,17,21H,3,11-12,15-16,18H2,1-2H3,(H,29,30,31,32). The normalized spacial score (nSPS) is 14.7. The molecule has 8 nitrogen and oxygen atoms in total. The topological polar surface area (TPSA) is 85.3 Å². The molecule has 8 heteroatoms. The van der Waals surface area contributed by atoms with Crippen molar-refractivity contribution in [1.82, 2.24) is 24.8 Å². The highest BCUT2D eigenvalue weighted by Crippen LogP contribution is 2.29. The van der Waals surface area contributed by atoms with Crippen molar-refractivity contribution in [1.29, 1.82) is 0 Å². The number of rotatable bonds is 8. The number of ether oxygens (including phenoxy) is 2. The maximum absolute atomic E-state index is 5.74. The van der Waals surface area contributed by atoms with E-state index in [0.717, 1.165) is 55.2 Å². The maximum atomic E-state index is 5.74. The van der Waals surface area contributed by atoms with Crippen LogP contribution in [0.3, 0.4) is 0 Å². The van der Waals surface area contributed by atoms with Crippen molar-refractivity contribution in [3.63, 3.8) is 0 Å². The van der Waals surface area contributed by atoms with E-state index >= 15 is 0 Å². The van der Waals surface area contributed by atoms with Gasteiger partial charge >= 0.3 is 0 Å². The highest BCUT2D eigenvalue weighted by molar-refractivity contribution is 5.87. The molecule has 0 spiro atoms. The molecule has 2 aromatic carbocycles. The predicted molar refractivity (Wildman–Crippen MR) is 137 cm³/mol. The summed E-state index contributed by atoms with van der Waals surface area (Å²) in [5, 5.41) is 3.56. The van der Waals surface area contributed by atoms with Crippen molar-refractivity contribution in [2.24, 2.45) is 0 Å². The summed E-state index contributed by atoms with van der Waals surface area (Å²) in [6, 6.07) is 16.6. The van der Waals surface area contributed by atoms with E-state index in [2.05, 4.69) is 37.3 Å². The lowest BCUT2D eigenvalue weighted by molar-refractivity contribution is 0.210. The molecular weight excluding hydrogens is 440 g/mol. The second kappa shape index (κ2) is 10.7. The Kier molecular flexibility index (Phi) is 6.99. The van der Waals surface area contributed by atoms with Gasteiger partial charge < -0.3 is 14.8 Å². The molecule has 0 aliphatic carbocycles. The van der Waals surface area contributed by atoms with Crippen LogP contribution in [0.25, 0.3) is 22.4 Å². The molecule has 0 bridgehead atoms. The van der Waals surface area contributed by atoms with Gasteiger partial charge in [0.15, 0.2) is 17.1 Å². The number of piperidine rings is 1. The average Bonchev–Trinajstić information content (AvgIpc) is 2.90. The van der Waals surface area contributed by atoms with Crippen molar-refractivity contribution in [3.05, 3.63) is 66.5 Å². The van der Waals surface area contributed by atoms with Crippen LogP contribution in [0.1, 0.15) is 25.3 Å². The van der Waals surface area contributed by atoms with Gasteiger partial charge in [0.1, 0.15) is 11.2 Å². The lowest BCUT2D eigenvalue weighted by Gasteiger charge is -2.32. The molecule has 1 aliphatic rings. The highest BCUT2D eigenvalue weighted by atomic mass is 16.5. The molecule has 180 valence electrons. The molecule has 0 amide bonds. The molecule has 0 atom stereocenters. The summed E-state index contributed by atoms with van der Waals surface area (Å²) in [5.74, 6) is 2.18. The van der Waals surface area contributed by atoms with E-state index in [1.165, 1.54) is 5.56 Å². The predicted octanol–water partition coefficient (Wildman–Crippen LogP) is 4.57. The third kappa shape index (κ3) is 5.33. The van der Waals surface area contributed by atoms with Crippen LogP contribution in [0.4, 0.5) is 5.95 Å². The molecule has 4 aromatic rings. The zero-order chi connectivity index (χ0) is 24.0. The van der Waals surface area contributed by atoms with Crippen LogP contribution in [0, 0.1) is 0 Å². The van der Waals surface area contributed by atoms with Crippen molar-refractivity contribution >= 4 is 17.1 Å². The van der Waals surface area contributed by atoms with E-state index in [1.807, 2.05) is 43.3 Å². The first kappa shape index (κ1) is 23.0. The molecule has 3 heterocycles. The number of fused-ring (bicyclic) bond motifs is 1. The van der Waals surface area contributed by atoms with E-state index in [0.29, 0.717) is 29.8 Å². The van der Waals surface area contributed by atoms with Gasteiger partial charge in [-0.3, -0.25) is 4.90 Å². The fraction of sp³-hybridized carbons (Fsp3) is 0.333. The minimum Gasteiger partial charge on any atom is -0.493 e. The summed E-state index contributed by atoms with van der Waals surface area (Å²) in [7, 11) is 1.67. The second-order valence-corrected chi connectivity index (χ2v) is 8.60. The SMILES string of the molecule is CCOc1cc(CN2CCC(Nc3nc(-c4ccccc4)c4nccnc4n3)CC2)ccc1OC. The molecule has 1 N–H and O–H groups in total. The largest absolute Gasteiger partial charge is 0.493 e. The summed E-state index contributed by atoms with van der Waals surface area (Å²) in [5.41, 5.74) is 4.35. The smallest absolute Gasteiger partial charge is 0.225 e. The second-order valence-electron chi connectivity index (χ2n) is 8.60. The van der Waals surface area contributed by atoms with Crippen molar-refractivity contribution in [2.75, 3.05) is 32.1 Å². The van der Waals surface area contributed by atoms with Crippen LogP contribution in [0.15, 0.2) is 60.9 Å². The molecular formula is C27H30N6O2. The van der Waals surface area contributed by atoms with E-state index in [9.17, 15) is 0 Å². The van der Waals surface area contributed by atoms with Gasteiger partial charge in [0.2, 0.25) is 5.95 Å². The van der Waals surface area contributed by atoms with Crippen molar-refractivity contribution in [3.8, 4) is 22.8 Å². The molecule has 0 saturated carbocycles. The quantitative estimate of drug-likeness (QED) is 0.401. The van der Waals surface area contributed by atoms with Gasteiger partial charge in [-0.25, -0.2) is 15.0 Å². The van der Waals surface area contributed by atoms with E-state index < -0.39 is 0 Å². The monoisotopic (exact) mass is 470 g/mol. The van der Waals surface area contributed by atoms with Gasteiger partial charge in [0, 0.05) is 43.6 Å². The average molecular weight is 471 g/mol. The highest BCUT2D eigenvalue weighted by Gasteiger charge is 2.21. The molecule has 0 radical (unpaired) electrons. The lowest BCUT2D eigenvalue weighted by Crippen LogP contribution is -2.39. The number of hydrogen-bond donors (Lipinski definition) is 1. The van der Waals surface area contributed by atoms with Crippen LogP contribution < -0.4 is 14.8 Å². The van der Waals surface area contributed by atoms with Gasteiger partial charge in [0.05, 0.1) is 13.7 Å². The third-order valence-electron chi connectivity index (χ3n) is 6.23. The minimum absolute atomic E-state index is 0.304. The zero-order valence-electron chi connectivity index (χ0n) is 20.1. The fourth-order valence-electron chi connectivity index (χ4n) is 4.49. The Bertz CT molecular complexity index is 1280. The number of aromatic nitrogens is 4. The summed E-state index contributed by atoms with van der Waals surface area (Å²) >= 11 is 0. The maximum Gasteiger partial charge on any atom is 0.225 e. The third-order valence-corrected chi connectivity index (χ3v) is 6.23. The Labute approximate surface area is 205 Å². The molecule has 1 aliphatic heterocycles. The first-order valence-corrected chi connectivity index (χ1v) is 12.1. The van der Waals surface area contributed by atoms with Gasteiger partial charge in [-0.2, -0.15) is 4.98 Å². The van der Waals surface area contributed by atoms with Crippen LogP contribution in [0.2, 0.25) is 0 Å². The number of hydrogen-bond acceptors (Lipinski definition) is 8.